The Kier molecular flexibility index (Phi) is 2.72. The van der Waals surface area contributed by atoms with Gasteiger partial charge in [0.1, 0.15) is 5.75 Å². The van der Waals surface area contributed by atoms with Crippen LogP contribution < -0.4 is 10.1 Å². The zero-order chi connectivity index (χ0) is 9.97. The lowest BCUT2D eigenvalue weighted by atomic mass is 10.1. The molecular weight excluding hydrogens is 246 g/mol. The lowest BCUT2D eigenvalue weighted by Crippen LogP contribution is -2.12. The lowest BCUT2D eigenvalue weighted by molar-refractivity contribution is 0.0966. The van der Waals surface area contributed by atoms with Crippen LogP contribution in [0.25, 0.3) is 0 Å². The second-order valence-electron chi connectivity index (χ2n) is 3.00. The zero-order valence-corrected chi connectivity index (χ0v) is 9.13. The van der Waals surface area contributed by atoms with Gasteiger partial charge in [-0.15, -0.1) is 0 Å². The Hall–Kier alpha value is -1.03. The molecule has 1 aliphatic heterocycles. The number of carbonyl (C=O) groups is 1. The van der Waals surface area contributed by atoms with Crippen LogP contribution in [0.5, 0.6) is 5.75 Å². The molecule has 0 aromatic heterocycles. The van der Waals surface area contributed by atoms with Crippen molar-refractivity contribution in [3.63, 3.8) is 0 Å². The van der Waals surface area contributed by atoms with Crippen LogP contribution in [0.15, 0.2) is 18.2 Å². The number of carbonyl (C=O) groups excluding carboxylic acids is 1. The molecule has 2 rings (SSSR count). The molecule has 0 spiro atoms. The molecule has 4 heteroatoms. The van der Waals surface area contributed by atoms with Crippen molar-refractivity contribution in [2.75, 3.05) is 11.9 Å². The van der Waals surface area contributed by atoms with Crippen LogP contribution in [0.2, 0.25) is 0 Å². The van der Waals surface area contributed by atoms with E-state index in [9.17, 15) is 4.79 Å². The number of hydrogen-bond acceptors (Lipinski definition) is 2. The third kappa shape index (κ3) is 1.62. The van der Waals surface area contributed by atoms with Gasteiger partial charge in [-0.25, -0.2) is 0 Å². The lowest BCUT2D eigenvalue weighted by Gasteiger charge is -2.07. The summed E-state index contributed by atoms with van der Waals surface area (Å²) in [7, 11) is 0. The highest BCUT2D eigenvalue weighted by molar-refractivity contribution is 9.09. The summed E-state index contributed by atoms with van der Waals surface area (Å²) in [6.45, 7) is 1.19. The van der Waals surface area contributed by atoms with Gasteiger partial charge in [0, 0.05) is 23.0 Å². The standard InChI is InChI=1S/C10H10BrNO2/c11-4-5-14-9-3-1-2-7-8(9)6-12-10(7)13/h1-3H,4-6H2,(H,12,13). The van der Waals surface area contributed by atoms with Crippen molar-refractivity contribution >= 4 is 21.8 Å². The van der Waals surface area contributed by atoms with Gasteiger partial charge in [-0.1, -0.05) is 22.0 Å². The van der Waals surface area contributed by atoms with E-state index in [0.717, 1.165) is 22.2 Å². The summed E-state index contributed by atoms with van der Waals surface area (Å²) >= 11 is 3.29. The van der Waals surface area contributed by atoms with E-state index in [1.165, 1.54) is 0 Å². The minimum atomic E-state index is -0.00991. The fourth-order valence-corrected chi connectivity index (χ4v) is 1.67. The first-order chi connectivity index (χ1) is 6.83. The minimum absolute atomic E-state index is 0.00991. The van der Waals surface area contributed by atoms with E-state index in [-0.39, 0.29) is 5.91 Å². The molecular formula is C10H10BrNO2. The third-order valence-corrected chi connectivity index (χ3v) is 2.46. The molecule has 1 aromatic carbocycles. The second-order valence-corrected chi connectivity index (χ2v) is 3.80. The van der Waals surface area contributed by atoms with Crippen molar-refractivity contribution < 1.29 is 9.53 Å². The van der Waals surface area contributed by atoms with Gasteiger partial charge in [0.15, 0.2) is 0 Å². The summed E-state index contributed by atoms with van der Waals surface area (Å²) in [6.07, 6.45) is 0. The van der Waals surface area contributed by atoms with Gasteiger partial charge in [-0.2, -0.15) is 0 Å². The van der Waals surface area contributed by atoms with Crippen LogP contribution in [0.1, 0.15) is 15.9 Å². The monoisotopic (exact) mass is 255 g/mol. The number of hydrogen-bond donors (Lipinski definition) is 1. The summed E-state index contributed by atoms with van der Waals surface area (Å²) in [5.41, 5.74) is 1.70. The van der Waals surface area contributed by atoms with Crippen LogP contribution in [0.3, 0.4) is 0 Å². The van der Waals surface area contributed by atoms with Gasteiger partial charge in [0.2, 0.25) is 0 Å². The van der Waals surface area contributed by atoms with Gasteiger partial charge in [-0.05, 0) is 12.1 Å². The van der Waals surface area contributed by atoms with Crippen LogP contribution in [-0.4, -0.2) is 17.8 Å². The molecule has 1 heterocycles. The third-order valence-electron chi connectivity index (χ3n) is 2.14. The van der Waals surface area contributed by atoms with Crippen molar-refractivity contribution in [2.45, 2.75) is 6.54 Å². The summed E-state index contributed by atoms with van der Waals surface area (Å²) in [5, 5.41) is 3.56. The minimum Gasteiger partial charge on any atom is -0.492 e. The van der Waals surface area contributed by atoms with E-state index < -0.39 is 0 Å². The van der Waals surface area contributed by atoms with Crippen LogP contribution in [-0.2, 0) is 6.54 Å². The maximum absolute atomic E-state index is 11.3. The van der Waals surface area contributed by atoms with Crippen molar-refractivity contribution in [1.29, 1.82) is 0 Å². The molecule has 0 saturated heterocycles. The van der Waals surface area contributed by atoms with Crippen molar-refractivity contribution in [3.8, 4) is 5.75 Å². The van der Waals surface area contributed by atoms with Crippen LogP contribution in [0, 0.1) is 0 Å². The number of amides is 1. The molecule has 1 amide bonds. The second kappa shape index (κ2) is 4.00. The Morgan fingerprint density at radius 3 is 3.14 bits per heavy atom. The Morgan fingerprint density at radius 2 is 2.36 bits per heavy atom. The van der Waals surface area contributed by atoms with E-state index in [1.54, 1.807) is 0 Å². The molecule has 0 fully saturated rings. The van der Waals surface area contributed by atoms with Gasteiger partial charge in [0.25, 0.3) is 5.91 Å². The van der Waals surface area contributed by atoms with Crippen molar-refractivity contribution in [2.24, 2.45) is 0 Å². The Bertz CT molecular complexity index is 365. The molecule has 0 bridgehead atoms. The Balaban J connectivity index is 2.29. The number of rotatable bonds is 3. The van der Waals surface area contributed by atoms with E-state index >= 15 is 0 Å². The SMILES string of the molecule is O=C1NCc2c(OCCBr)cccc21. The summed E-state index contributed by atoms with van der Waals surface area (Å²) < 4.78 is 5.51. The first-order valence-corrected chi connectivity index (χ1v) is 5.54. The molecule has 1 N–H and O–H groups in total. The molecule has 74 valence electrons. The topological polar surface area (TPSA) is 38.3 Å². The Morgan fingerprint density at radius 1 is 1.50 bits per heavy atom. The smallest absolute Gasteiger partial charge is 0.252 e. The summed E-state index contributed by atoms with van der Waals surface area (Å²) in [6, 6.07) is 5.55. The van der Waals surface area contributed by atoms with Gasteiger partial charge < -0.3 is 10.1 Å². The first kappa shape index (κ1) is 9.52. The zero-order valence-electron chi connectivity index (χ0n) is 7.55. The average molecular weight is 256 g/mol. The summed E-state index contributed by atoms with van der Waals surface area (Å²) in [5.74, 6) is 0.796. The molecule has 1 aliphatic rings. The van der Waals surface area contributed by atoms with Crippen LogP contribution >= 0.6 is 15.9 Å². The largest absolute Gasteiger partial charge is 0.492 e. The normalized spacial score (nSPS) is 13.6. The predicted octanol–water partition coefficient (Wildman–Crippen LogP) is 1.70. The van der Waals surface area contributed by atoms with Gasteiger partial charge >= 0.3 is 0 Å². The fourth-order valence-electron chi connectivity index (χ4n) is 1.51. The highest BCUT2D eigenvalue weighted by Crippen LogP contribution is 2.26. The summed E-state index contributed by atoms with van der Waals surface area (Å²) in [4.78, 5) is 11.3. The number of nitrogens with one attached hydrogen (secondary N) is 1. The highest BCUT2D eigenvalue weighted by atomic mass is 79.9. The predicted molar refractivity (Wildman–Crippen MR) is 56.9 cm³/mol. The number of alkyl halides is 1. The number of halogens is 1. The number of benzene rings is 1. The maximum atomic E-state index is 11.3. The van der Waals surface area contributed by atoms with Crippen molar-refractivity contribution in [1.82, 2.24) is 5.32 Å². The van der Waals surface area contributed by atoms with E-state index in [4.69, 9.17) is 4.74 Å². The average Bonchev–Trinajstić information content (AvgIpc) is 2.58. The van der Waals surface area contributed by atoms with Gasteiger partial charge in [-0.3, -0.25) is 4.79 Å². The van der Waals surface area contributed by atoms with E-state index in [1.807, 2.05) is 18.2 Å². The molecule has 0 aliphatic carbocycles. The molecule has 0 unspecified atom stereocenters. The first-order valence-electron chi connectivity index (χ1n) is 4.42. The molecule has 3 nitrogen and oxygen atoms in total. The number of ether oxygens (including phenoxy) is 1. The van der Waals surface area contributed by atoms with Crippen molar-refractivity contribution in [3.05, 3.63) is 29.3 Å². The van der Waals surface area contributed by atoms with E-state index in [2.05, 4.69) is 21.2 Å². The Labute approximate surface area is 90.6 Å². The fraction of sp³-hybridized carbons (Fsp3) is 0.300. The van der Waals surface area contributed by atoms with E-state index in [0.29, 0.717) is 13.2 Å². The molecule has 0 atom stereocenters. The molecule has 0 radical (unpaired) electrons. The maximum Gasteiger partial charge on any atom is 0.252 e. The van der Waals surface area contributed by atoms with Crippen LogP contribution in [0.4, 0.5) is 0 Å². The van der Waals surface area contributed by atoms with Gasteiger partial charge in [0.05, 0.1) is 6.61 Å². The molecule has 1 aromatic rings. The molecule has 14 heavy (non-hydrogen) atoms. The molecule has 0 saturated carbocycles. The highest BCUT2D eigenvalue weighted by Gasteiger charge is 2.21. The quantitative estimate of drug-likeness (QED) is 0.836. The number of fused-ring (bicyclic) bond motifs is 1.